The minimum absolute atomic E-state index is 0.119. The predicted octanol–water partition coefficient (Wildman–Crippen LogP) is 6.03. The van der Waals surface area contributed by atoms with Crippen molar-refractivity contribution < 1.29 is 0 Å². The highest BCUT2D eigenvalue weighted by Crippen LogP contribution is 2.35. The van der Waals surface area contributed by atoms with Gasteiger partial charge in [-0.15, -0.1) is 0 Å². The van der Waals surface area contributed by atoms with E-state index in [1.165, 1.54) is 16.8 Å². The summed E-state index contributed by atoms with van der Waals surface area (Å²) in [4.78, 5) is 0. The average Bonchev–Trinajstić information content (AvgIpc) is 2.37. The zero-order valence-corrected chi connectivity index (χ0v) is 14.1. The van der Waals surface area contributed by atoms with Gasteiger partial charge >= 0.3 is 0 Å². The fourth-order valence-electron chi connectivity index (χ4n) is 2.45. The van der Waals surface area contributed by atoms with Crippen molar-refractivity contribution in [1.29, 1.82) is 0 Å². The van der Waals surface area contributed by atoms with Gasteiger partial charge in [0.05, 0.1) is 0 Å². The van der Waals surface area contributed by atoms with Gasteiger partial charge in [0, 0.05) is 11.4 Å². The second-order valence-electron chi connectivity index (χ2n) is 7.75. The smallest absolute Gasteiger partial charge is 0.0425 e. The zero-order valence-electron chi connectivity index (χ0n) is 14.1. The lowest BCUT2D eigenvalue weighted by Gasteiger charge is -2.27. The van der Waals surface area contributed by atoms with Crippen LogP contribution < -0.4 is 5.32 Å². The van der Waals surface area contributed by atoms with Crippen LogP contribution in [-0.2, 0) is 10.8 Å². The quantitative estimate of drug-likeness (QED) is 0.709. The summed E-state index contributed by atoms with van der Waals surface area (Å²) >= 11 is 0. The lowest BCUT2D eigenvalue weighted by molar-refractivity contribution is 0.578. The second kappa shape index (κ2) is 5.55. The molecule has 1 N–H and O–H groups in total. The SMILES string of the molecule is CC(C)(C)c1ccc(C(C)(C)C)c(Nc2ccccc2)c1. The van der Waals surface area contributed by atoms with Crippen LogP contribution in [0.3, 0.4) is 0 Å². The molecule has 2 rings (SSSR count). The van der Waals surface area contributed by atoms with Gasteiger partial charge < -0.3 is 5.32 Å². The maximum absolute atomic E-state index is 3.59. The molecule has 0 aliphatic carbocycles. The van der Waals surface area contributed by atoms with E-state index in [2.05, 4.69) is 89.3 Å². The molecule has 2 aromatic carbocycles. The Kier molecular flexibility index (Phi) is 4.13. The first kappa shape index (κ1) is 15.6. The number of anilines is 2. The van der Waals surface area contributed by atoms with E-state index in [0.29, 0.717) is 0 Å². The van der Waals surface area contributed by atoms with Crippen LogP contribution in [0.15, 0.2) is 48.5 Å². The predicted molar refractivity (Wildman–Crippen MR) is 93.6 cm³/mol. The molecule has 0 aromatic heterocycles. The normalized spacial score (nSPS) is 12.3. The zero-order chi connectivity index (χ0) is 15.7. The Labute approximate surface area is 129 Å². The molecule has 0 saturated carbocycles. The Balaban J connectivity index is 2.49. The van der Waals surface area contributed by atoms with Crippen molar-refractivity contribution in [1.82, 2.24) is 0 Å². The summed E-state index contributed by atoms with van der Waals surface area (Å²) in [7, 11) is 0. The summed E-state index contributed by atoms with van der Waals surface area (Å²) in [5, 5.41) is 3.59. The van der Waals surface area contributed by atoms with Crippen LogP contribution in [0.25, 0.3) is 0 Å². The van der Waals surface area contributed by atoms with Crippen LogP contribution in [0, 0.1) is 0 Å². The van der Waals surface area contributed by atoms with Crippen molar-refractivity contribution in [2.45, 2.75) is 52.4 Å². The molecule has 112 valence electrons. The highest BCUT2D eigenvalue weighted by molar-refractivity contribution is 5.66. The van der Waals surface area contributed by atoms with Gasteiger partial charge in [0.15, 0.2) is 0 Å². The van der Waals surface area contributed by atoms with Crippen LogP contribution in [0.2, 0.25) is 0 Å². The van der Waals surface area contributed by atoms with Crippen LogP contribution >= 0.6 is 0 Å². The molecule has 1 heteroatoms. The molecular weight excluding hydrogens is 254 g/mol. The van der Waals surface area contributed by atoms with E-state index in [9.17, 15) is 0 Å². The van der Waals surface area contributed by atoms with Crippen molar-refractivity contribution in [2.75, 3.05) is 5.32 Å². The molecule has 2 aromatic rings. The highest BCUT2D eigenvalue weighted by Gasteiger charge is 2.21. The summed E-state index contributed by atoms with van der Waals surface area (Å²) in [6, 6.07) is 17.2. The summed E-state index contributed by atoms with van der Waals surface area (Å²) < 4.78 is 0. The number of para-hydroxylation sites is 1. The second-order valence-corrected chi connectivity index (χ2v) is 7.75. The van der Waals surface area contributed by atoms with Gasteiger partial charge in [-0.2, -0.15) is 0 Å². The van der Waals surface area contributed by atoms with Gasteiger partial charge in [0.25, 0.3) is 0 Å². The molecule has 0 amide bonds. The molecular formula is C20H27N. The fraction of sp³-hybridized carbons (Fsp3) is 0.400. The van der Waals surface area contributed by atoms with E-state index >= 15 is 0 Å². The van der Waals surface area contributed by atoms with Crippen molar-refractivity contribution in [3.05, 3.63) is 59.7 Å². The van der Waals surface area contributed by atoms with Crippen molar-refractivity contribution in [2.24, 2.45) is 0 Å². The van der Waals surface area contributed by atoms with Gasteiger partial charge in [0.1, 0.15) is 0 Å². The molecule has 0 unspecified atom stereocenters. The van der Waals surface area contributed by atoms with Gasteiger partial charge in [0.2, 0.25) is 0 Å². The molecule has 0 spiro atoms. The summed E-state index contributed by atoms with van der Waals surface area (Å²) in [6.07, 6.45) is 0. The number of benzene rings is 2. The molecule has 1 nitrogen and oxygen atoms in total. The highest BCUT2D eigenvalue weighted by atomic mass is 14.9. The minimum Gasteiger partial charge on any atom is -0.355 e. The topological polar surface area (TPSA) is 12.0 Å². The van der Waals surface area contributed by atoms with Gasteiger partial charge in [-0.3, -0.25) is 0 Å². The Bertz CT molecular complexity index is 598. The van der Waals surface area contributed by atoms with E-state index in [4.69, 9.17) is 0 Å². The molecule has 0 radical (unpaired) electrons. The summed E-state index contributed by atoms with van der Waals surface area (Å²) in [5.74, 6) is 0. The number of rotatable bonds is 2. The first-order chi connectivity index (χ1) is 9.68. The molecule has 0 aliphatic rings. The van der Waals surface area contributed by atoms with E-state index in [1.807, 2.05) is 6.07 Å². The fourth-order valence-corrected chi connectivity index (χ4v) is 2.45. The largest absolute Gasteiger partial charge is 0.355 e. The van der Waals surface area contributed by atoms with Gasteiger partial charge in [-0.25, -0.2) is 0 Å². The number of nitrogens with one attached hydrogen (secondary N) is 1. The van der Waals surface area contributed by atoms with Gasteiger partial charge in [-0.1, -0.05) is 71.9 Å². The monoisotopic (exact) mass is 281 g/mol. The first-order valence-corrected chi connectivity index (χ1v) is 7.65. The number of hydrogen-bond acceptors (Lipinski definition) is 1. The summed E-state index contributed by atoms with van der Waals surface area (Å²) in [6.45, 7) is 13.5. The maximum Gasteiger partial charge on any atom is 0.0425 e. The molecule has 21 heavy (non-hydrogen) atoms. The van der Waals surface area contributed by atoms with Crippen molar-refractivity contribution in [3.63, 3.8) is 0 Å². The molecule has 0 saturated heterocycles. The Morgan fingerprint density at radius 3 is 1.86 bits per heavy atom. The third-order valence-corrected chi connectivity index (χ3v) is 3.75. The Morgan fingerprint density at radius 1 is 0.714 bits per heavy atom. The van der Waals surface area contributed by atoms with Gasteiger partial charge in [-0.05, 0) is 40.2 Å². The van der Waals surface area contributed by atoms with Crippen LogP contribution in [0.5, 0.6) is 0 Å². The minimum atomic E-state index is 0.119. The van der Waals surface area contributed by atoms with Crippen LogP contribution in [0.4, 0.5) is 11.4 Å². The van der Waals surface area contributed by atoms with E-state index in [0.717, 1.165) is 5.69 Å². The van der Waals surface area contributed by atoms with E-state index < -0.39 is 0 Å². The number of hydrogen-bond donors (Lipinski definition) is 1. The average molecular weight is 281 g/mol. The Morgan fingerprint density at radius 2 is 1.33 bits per heavy atom. The van der Waals surface area contributed by atoms with E-state index in [1.54, 1.807) is 0 Å². The molecule has 0 heterocycles. The molecule has 0 bridgehead atoms. The maximum atomic E-state index is 3.59. The van der Waals surface area contributed by atoms with Crippen LogP contribution in [-0.4, -0.2) is 0 Å². The first-order valence-electron chi connectivity index (χ1n) is 7.65. The molecule has 0 atom stereocenters. The Hall–Kier alpha value is -1.76. The molecule has 0 fully saturated rings. The molecule has 0 aliphatic heterocycles. The van der Waals surface area contributed by atoms with Crippen molar-refractivity contribution in [3.8, 4) is 0 Å². The van der Waals surface area contributed by atoms with E-state index in [-0.39, 0.29) is 10.8 Å². The standard InChI is InChI=1S/C20H27N/c1-19(2,3)15-12-13-17(20(4,5)6)18(14-15)21-16-10-8-7-9-11-16/h7-14,21H,1-6H3. The van der Waals surface area contributed by atoms with Crippen molar-refractivity contribution >= 4 is 11.4 Å². The lowest BCUT2D eigenvalue weighted by Crippen LogP contribution is -2.17. The third kappa shape index (κ3) is 3.87. The third-order valence-electron chi connectivity index (χ3n) is 3.75. The lowest BCUT2D eigenvalue weighted by atomic mass is 9.81. The van der Waals surface area contributed by atoms with Crippen LogP contribution in [0.1, 0.15) is 52.7 Å². The summed E-state index contributed by atoms with van der Waals surface area (Å²) in [5.41, 5.74) is 5.32.